The number of carbonyl (C=O) groups excluding carboxylic acids is 1. The Morgan fingerprint density at radius 1 is 1.16 bits per heavy atom. The SMILES string of the molecule is COC(=O)c1ccc2c(c1)CN=C2c1ccccc1. The lowest BCUT2D eigenvalue weighted by Crippen LogP contribution is -2.04. The normalized spacial score (nSPS) is 12.8. The van der Waals surface area contributed by atoms with Crippen LogP contribution in [0.1, 0.15) is 27.0 Å². The second kappa shape index (κ2) is 4.69. The van der Waals surface area contributed by atoms with Gasteiger partial charge in [0.25, 0.3) is 0 Å². The van der Waals surface area contributed by atoms with Gasteiger partial charge in [0, 0.05) is 11.1 Å². The Kier molecular flexibility index (Phi) is 2.88. The monoisotopic (exact) mass is 251 g/mol. The van der Waals surface area contributed by atoms with Crippen LogP contribution >= 0.6 is 0 Å². The number of fused-ring (bicyclic) bond motifs is 1. The van der Waals surface area contributed by atoms with E-state index in [0.29, 0.717) is 12.1 Å². The Bertz CT molecular complexity index is 660. The van der Waals surface area contributed by atoms with Gasteiger partial charge in [-0.2, -0.15) is 0 Å². The third kappa shape index (κ3) is 2.03. The lowest BCUT2D eigenvalue weighted by molar-refractivity contribution is 0.0600. The minimum atomic E-state index is -0.309. The summed E-state index contributed by atoms with van der Waals surface area (Å²) in [7, 11) is 1.39. The van der Waals surface area contributed by atoms with Crippen molar-refractivity contribution in [1.29, 1.82) is 0 Å². The van der Waals surface area contributed by atoms with Crippen molar-refractivity contribution in [2.75, 3.05) is 7.11 Å². The molecule has 0 bridgehead atoms. The average molecular weight is 251 g/mol. The highest BCUT2D eigenvalue weighted by atomic mass is 16.5. The summed E-state index contributed by atoms with van der Waals surface area (Å²) in [6.45, 7) is 0.615. The van der Waals surface area contributed by atoms with Gasteiger partial charge in [0.15, 0.2) is 0 Å². The maximum absolute atomic E-state index is 11.5. The first kappa shape index (κ1) is 11.7. The molecule has 1 aliphatic heterocycles. The molecule has 0 saturated heterocycles. The van der Waals surface area contributed by atoms with Crippen molar-refractivity contribution in [3.05, 3.63) is 70.8 Å². The zero-order valence-electron chi connectivity index (χ0n) is 10.6. The fraction of sp³-hybridized carbons (Fsp3) is 0.125. The van der Waals surface area contributed by atoms with Gasteiger partial charge in [-0.05, 0) is 17.7 Å². The van der Waals surface area contributed by atoms with E-state index < -0.39 is 0 Å². The smallest absolute Gasteiger partial charge is 0.337 e. The van der Waals surface area contributed by atoms with Gasteiger partial charge in [0.05, 0.1) is 24.9 Å². The minimum absolute atomic E-state index is 0.309. The molecule has 0 spiro atoms. The Hall–Kier alpha value is -2.42. The van der Waals surface area contributed by atoms with Crippen LogP contribution in [0.3, 0.4) is 0 Å². The number of hydrogen-bond donors (Lipinski definition) is 0. The zero-order chi connectivity index (χ0) is 13.2. The van der Waals surface area contributed by atoms with Crippen molar-refractivity contribution >= 4 is 11.7 Å². The summed E-state index contributed by atoms with van der Waals surface area (Å²) < 4.78 is 4.73. The van der Waals surface area contributed by atoms with E-state index in [1.165, 1.54) is 7.11 Å². The predicted octanol–water partition coefficient (Wildman–Crippen LogP) is 2.82. The topological polar surface area (TPSA) is 38.7 Å². The lowest BCUT2D eigenvalue weighted by atomic mass is 9.98. The third-order valence-electron chi connectivity index (χ3n) is 3.24. The van der Waals surface area contributed by atoms with Crippen LogP contribution in [0, 0.1) is 0 Å². The molecule has 19 heavy (non-hydrogen) atoms. The van der Waals surface area contributed by atoms with Gasteiger partial charge < -0.3 is 4.74 Å². The van der Waals surface area contributed by atoms with Crippen LogP contribution in [-0.2, 0) is 11.3 Å². The second-order valence-electron chi connectivity index (χ2n) is 4.39. The molecule has 0 fully saturated rings. The number of aliphatic imine (C=N–C) groups is 1. The molecule has 0 unspecified atom stereocenters. The van der Waals surface area contributed by atoms with Crippen molar-refractivity contribution in [1.82, 2.24) is 0 Å². The fourth-order valence-electron chi connectivity index (χ4n) is 2.29. The summed E-state index contributed by atoms with van der Waals surface area (Å²) in [6, 6.07) is 15.7. The van der Waals surface area contributed by atoms with Crippen LogP contribution in [0.25, 0.3) is 0 Å². The Morgan fingerprint density at radius 2 is 1.95 bits per heavy atom. The molecule has 0 aliphatic carbocycles. The fourth-order valence-corrected chi connectivity index (χ4v) is 2.29. The molecule has 1 aliphatic rings. The highest BCUT2D eigenvalue weighted by Crippen LogP contribution is 2.24. The molecule has 1 heterocycles. The van der Waals surface area contributed by atoms with Gasteiger partial charge in [-0.25, -0.2) is 4.79 Å². The van der Waals surface area contributed by atoms with E-state index in [4.69, 9.17) is 4.74 Å². The Labute approximate surface area is 111 Å². The molecule has 2 aromatic rings. The molecule has 0 atom stereocenters. The number of benzene rings is 2. The zero-order valence-corrected chi connectivity index (χ0v) is 10.6. The molecule has 3 rings (SSSR count). The van der Waals surface area contributed by atoms with Crippen LogP contribution in [0.2, 0.25) is 0 Å². The summed E-state index contributed by atoms with van der Waals surface area (Å²) in [4.78, 5) is 16.1. The van der Waals surface area contributed by atoms with Crippen LogP contribution in [0.5, 0.6) is 0 Å². The molecule has 3 nitrogen and oxygen atoms in total. The minimum Gasteiger partial charge on any atom is -0.465 e. The van der Waals surface area contributed by atoms with Crippen LogP contribution in [0.4, 0.5) is 0 Å². The summed E-state index contributed by atoms with van der Waals surface area (Å²) in [5, 5.41) is 0. The first-order valence-corrected chi connectivity index (χ1v) is 6.11. The average Bonchev–Trinajstić information content (AvgIpc) is 2.90. The van der Waals surface area contributed by atoms with Crippen molar-refractivity contribution < 1.29 is 9.53 Å². The number of carbonyl (C=O) groups is 1. The number of rotatable bonds is 2. The van der Waals surface area contributed by atoms with E-state index in [-0.39, 0.29) is 5.97 Å². The second-order valence-corrected chi connectivity index (χ2v) is 4.39. The Morgan fingerprint density at radius 3 is 2.68 bits per heavy atom. The van der Waals surface area contributed by atoms with Crippen molar-refractivity contribution in [2.45, 2.75) is 6.54 Å². The molecule has 94 valence electrons. The van der Waals surface area contributed by atoms with E-state index in [9.17, 15) is 4.79 Å². The molecule has 3 heteroatoms. The lowest BCUT2D eigenvalue weighted by Gasteiger charge is -2.05. The van der Waals surface area contributed by atoms with Gasteiger partial charge >= 0.3 is 5.97 Å². The molecular weight excluding hydrogens is 238 g/mol. The molecule has 0 radical (unpaired) electrons. The summed E-state index contributed by atoms with van der Waals surface area (Å²) >= 11 is 0. The highest BCUT2D eigenvalue weighted by Gasteiger charge is 2.19. The predicted molar refractivity (Wildman–Crippen MR) is 73.6 cm³/mol. The molecule has 0 aromatic heterocycles. The molecule has 0 amide bonds. The van der Waals surface area contributed by atoms with Crippen LogP contribution in [-0.4, -0.2) is 18.8 Å². The van der Waals surface area contributed by atoms with Gasteiger partial charge in [0.1, 0.15) is 0 Å². The standard InChI is InChI=1S/C16H13NO2/c1-19-16(18)12-7-8-14-13(9-12)10-17-15(14)11-5-3-2-4-6-11/h2-9H,10H2,1H3. The number of ether oxygens (including phenoxy) is 1. The van der Waals surface area contributed by atoms with Crippen molar-refractivity contribution in [3.63, 3.8) is 0 Å². The van der Waals surface area contributed by atoms with Gasteiger partial charge in [0.2, 0.25) is 0 Å². The molecule has 0 N–H and O–H groups in total. The van der Waals surface area contributed by atoms with Gasteiger partial charge in [-0.3, -0.25) is 4.99 Å². The van der Waals surface area contributed by atoms with E-state index in [2.05, 4.69) is 4.99 Å². The number of esters is 1. The summed E-state index contributed by atoms with van der Waals surface area (Å²) in [5.74, 6) is -0.309. The van der Waals surface area contributed by atoms with E-state index in [0.717, 1.165) is 22.4 Å². The molecule has 0 saturated carbocycles. The first-order valence-electron chi connectivity index (χ1n) is 6.11. The van der Waals surface area contributed by atoms with E-state index >= 15 is 0 Å². The number of hydrogen-bond acceptors (Lipinski definition) is 3. The van der Waals surface area contributed by atoms with Crippen LogP contribution in [0.15, 0.2) is 53.5 Å². The summed E-state index contributed by atoms with van der Waals surface area (Å²) in [5.41, 5.74) is 4.84. The molecular formula is C16H13NO2. The third-order valence-corrected chi connectivity index (χ3v) is 3.24. The van der Waals surface area contributed by atoms with Crippen molar-refractivity contribution in [2.24, 2.45) is 4.99 Å². The van der Waals surface area contributed by atoms with Gasteiger partial charge in [-0.15, -0.1) is 0 Å². The largest absolute Gasteiger partial charge is 0.465 e. The first-order chi connectivity index (χ1) is 9.29. The van der Waals surface area contributed by atoms with Crippen LogP contribution < -0.4 is 0 Å². The number of nitrogens with zero attached hydrogens (tertiary/aromatic N) is 1. The maximum Gasteiger partial charge on any atom is 0.337 e. The molecule has 2 aromatic carbocycles. The van der Waals surface area contributed by atoms with Gasteiger partial charge in [-0.1, -0.05) is 36.4 Å². The quantitative estimate of drug-likeness (QED) is 0.770. The maximum atomic E-state index is 11.5. The Balaban J connectivity index is 1.99. The summed E-state index contributed by atoms with van der Waals surface area (Å²) in [6.07, 6.45) is 0. The van der Waals surface area contributed by atoms with E-state index in [1.807, 2.05) is 42.5 Å². The van der Waals surface area contributed by atoms with E-state index in [1.54, 1.807) is 6.07 Å². The van der Waals surface area contributed by atoms with Crippen molar-refractivity contribution in [3.8, 4) is 0 Å². The number of methoxy groups -OCH3 is 1. The highest BCUT2D eigenvalue weighted by molar-refractivity contribution is 6.15.